The second-order valence-electron chi connectivity index (χ2n) is 4.98. The van der Waals surface area contributed by atoms with E-state index in [0.717, 1.165) is 0 Å². The van der Waals surface area contributed by atoms with Gasteiger partial charge >= 0.3 is 21.1 Å². The van der Waals surface area contributed by atoms with Crippen molar-refractivity contribution in [3.8, 4) is 5.75 Å². The van der Waals surface area contributed by atoms with Crippen LogP contribution in [0.4, 0.5) is 0 Å². The molecule has 1 aromatic carbocycles. The van der Waals surface area contributed by atoms with E-state index in [9.17, 15) is 14.4 Å². The molecule has 0 bridgehead atoms. The number of rotatable bonds is 4. The van der Waals surface area contributed by atoms with Crippen molar-refractivity contribution in [2.24, 2.45) is 0 Å². The molecule has 0 aromatic heterocycles. The van der Waals surface area contributed by atoms with Crippen molar-refractivity contribution < 1.29 is 40.2 Å². The molecule has 1 aromatic rings. The summed E-state index contributed by atoms with van der Waals surface area (Å²) in [7, 11) is 0. The van der Waals surface area contributed by atoms with Crippen molar-refractivity contribution in [2.45, 2.75) is 38.8 Å². The van der Waals surface area contributed by atoms with Gasteiger partial charge in [0.1, 0.15) is 0 Å². The monoisotopic (exact) mass is 472 g/mol. The maximum absolute atomic E-state index is 12.2. The van der Waals surface area contributed by atoms with Gasteiger partial charge in [-0.1, -0.05) is 5.56 Å². The summed E-state index contributed by atoms with van der Waals surface area (Å²) in [6.45, 7) is 3.69. The molecule has 22 heavy (non-hydrogen) atoms. The number of piperidine rings is 1. The van der Waals surface area contributed by atoms with E-state index in [0.29, 0.717) is 5.75 Å². The number of carbonyl (C=O) groups is 3. The Kier molecular flexibility index (Phi) is 6.75. The SMILES string of the molecule is CC(C)Oc1ccc[c-]c1C(=O)[N-]C1CCC(=O)NC1=O.[W+2]. The molecule has 1 atom stereocenters. The number of hydrogen-bond donors (Lipinski definition) is 1. The Morgan fingerprint density at radius 3 is 2.82 bits per heavy atom. The molecule has 2 rings (SSSR count). The predicted molar refractivity (Wildman–Crippen MR) is 74.9 cm³/mol. The first-order valence-electron chi connectivity index (χ1n) is 6.73. The quantitative estimate of drug-likeness (QED) is 0.533. The van der Waals surface area contributed by atoms with Gasteiger partial charge in [0.2, 0.25) is 11.8 Å². The van der Waals surface area contributed by atoms with Crippen LogP contribution in [0.1, 0.15) is 37.0 Å². The number of ether oxygens (including phenoxy) is 1. The first-order chi connectivity index (χ1) is 9.97. The number of imide groups is 1. The Balaban J connectivity index is 0.00000242. The number of carbonyl (C=O) groups excluding carboxylic acids is 3. The molecule has 0 spiro atoms. The molecule has 1 fully saturated rings. The van der Waals surface area contributed by atoms with Gasteiger partial charge in [0.05, 0.1) is 6.10 Å². The van der Waals surface area contributed by atoms with Gasteiger partial charge in [-0.15, -0.1) is 24.3 Å². The summed E-state index contributed by atoms with van der Waals surface area (Å²) >= 11 is 0. The topological polar surface area (TPSA) is 86.6 Å². The molecule has 0 aliphatic carbocycles. The van der Waals surface area contributed by atoms with Crippen molar-refractivity contribution in [2.75, 3.05) is 0 Å². The van der Waals surface area contributed by atoms with Crippen LogP contribution in [0.25, 0.3) is 5.32 Å². The van der Waals surface area contributed by atoms with Crippen LogP contribution >= 0.6 is 0 Å². The third-order valence-corrected chi connectivity index (χ3v) is 2.88. The fraction of sp³-hybridized carbons (Fsp3) is 0.400. The van der Waals surface area contributed by atoms with E-state index in [1.165, 1.54) is 0 Å². The van der Waals surface area contributed by atoms with Crippen molar-refractivity contribution in [1.29, 1.82) is 0 Å². The van der Waals surface area contributed by atoms with E-state index in [1.807, 2.05) is 13.8 Å². The number of amides is 3. The van der Waals surface area contributed by atoms with Crippen LogP contribution in [-0.4, -0.2) is 29.9 Å². The van der Waals surface area contributed by atoms with Crippen LogP contribution in [0.5, 0.6) is 5.75 Å². The molecule has 1 N–H and O–H groups in total. The standard InChI is InChI=1S/C15H17N2O4.W/c1-9(2)21-12-6-4-3-5-10(12)14(19)16-11-7-8-13(18)17-15(11)20;/h3-4,6,9,11H,7-8H2,1-2H3,(H2,16,17,18,19,20);/q-1;+2/p-1. The summed E-state index contributed by atoms with van der Waals surface area (Å²) in [4.78, 5) is 34.9. The summed E-state index contributed by atoms with van der Waals surface area (Å²) in [5.74, 6) is -1.06. The molecule has 1 saturated heterocycles. The molecular weight excluding hydrogens is 456 g/mol. The zero-order chi connectivity index (χ0) is 15.4. The fourth-order valence-corrected chi connectivity index (χ4v) is 1.95. The van der Waals surface area contributed by atoms with Gasteiger partial charge in [0, 0.05) is 12.2 Å². The molecule has 0 saturated carbocycles. The van der Waals surface area contributed by atoms with Crippen LogP contribution in [0.3, 0.4) is 0 Å². The summed E-state index contributed by atoms with van der Waals surface area (Å²) < 4.78 is 5.53. The molecule has 1 aliphatic heterocycles. The number of nitrogens with zero attached hydrogens (tertiary/aromatic N) is 1. The number of nitrogens with one attached hydrogen (secondary N) is 1. The summed E-state index contributed by atoms with van der Waals surface area (Å²) in [6.07, 6.45) is 0.327. The van der Waals surface area contributed by atoms with Gasteiger partial charge < -0.3 is 14.8 Å². The smallest absolute Gasteiger partial charge is 0.684 e. The van der Waals surface area contributed by atoms with E-state index < -0.39 is 17.9 Å². The van der Waals surface area contributed by atoms with Crippen molar-refractivity contribution in [3.05, 3.63) is 35.1 Å². The van der Waals surface area contributed by atoms with Crippen LogP contribution < -0.4 is 10.1 Å². The second kappa shape index (κ2) is 8.08. The van der Waals surface area contributed by atoms with Gasteiger partial charge in [-0.3, -0.25) is 14.9 Å². The number of hydrogen-bond acceptors (Lipinski definition) is 4. The fourth-order valence-electron chi connectivity index (χ4n) is 1.95. The van der Waals surface area contributed by atoms with Crippen LogP contribution in [-0.2, 0) is 30.7 Å². The molecule has 3 amide bonds. The predicted octanol–water partition coefficient (Wildman–Crippen LogP) is 1.59. The molecule has 0 radical (unpaired) electrons. The minimum atomic E-state index is -0.837. The first kappa shape index (κ1) is 18.4. The Morgan fingerprint density at radius 2 is 2.18 bits per heavy atom. The Labute approximate surface area is 143 Å². The maximum atomic E-state index is 12.2. The van der Waals surface area contributed by atoms with Crippen LogP contribution in [0.15, 0.2) is 18.2 Å². The minimum absolute atomic E-state index is 0. The van der Waals surface area contributed by atoms with Crippen LogP contribution in [0.2, 0.25) is 0 Å². The number of benzene rings is 1. The third kappa shape index (κ3) is 4.66. The van der Waals surface area contributed by atoms with Gasteiger partial charge in [0.25, 0.3) is 0 Å². The molecular formula is C15H16N2O4W. The van der Waals surface area contributed by atoms with Gasteiger partial charge in [-0.05, 0) is 32.2 Å². The largest absolute Gasteiger partial charge is 2.00 e. The van der Waals surface area contributed by atoms with Gasteiger partial charge in [-0.2, -0.15) is 0 Å². The molecule has 1 aliphatic rings. The van der Waals surface area contributed by atoms with E-state index >= 15 is 0 Å². The Morgan fingerprint density at radius 1 is 1.45 bits per heavy atom. The average molecular weight is 472 g/mol. The Hall–Kier alpha value is -1.68. The van der Waals surface area contributed by atoms with E-state index in [1.54, 1.807) is 18.2 Å². The van der Waals surface area contributed by atoms with Crippen molar-refractivity contribution in [3.63, 3.8) is 0 Å². The summed E-state index contributed by atoms with van der Waals surface area (Å²) in [5, 5.41) is 6.04. The molecule has 1 heterocycles. The zero-order valence-electron chi connectivity index (χ0n) is 12.3. The van der Waals surface area contributed by atoms with Gasteiger partial charge in [0.15, 0.2) is 0 Å². The molecule has 6 nitrogen and oxygen atoms in total. The third-order valence-electron chi connectivity index (χ3n) is 2.88. The normalized spacial score (nSPS) is 17.5. The van der Waals surface area contributed by atoms with Crippen molar-refractivity contribution in [1.82, 2.24) is 5.32 Å². The molecule has 1 unspecified atom stereocenters. The second-order valence-corrected chi connectivity index (χ2v) is 4.98. The van der Waals surface area contributed by atoms with Crippen molar-refractivity contribution >= 4 is 17.7 Å². The Bertz CT molecular complexity index is 574. The van der Waals surface area contributed by atoms with E-state index in [-0.39, 0.29) is 51.5 Å². The average Bonchev–Trinajstić information content (AvgIpc) is 2.42. The van der Waals surface area contributed by atoms with E-state index in [2.05, 4.69) is 16.7 Å². The summed E-state index contributed by atoms with van der Waals surface area (Å²) in [6, 6.07) is 6.90. The summed E-state index contributed by atoms with van der Waals surface area (Å²) in [5.41, 5.74) is 0.191. The van der Waals surface area contributed by atoms with E-state index in [4.69, 9.17) is 4.74 Å². The molecule has 7 heteroatoms. The zero-order valence-corrected chi connectivity index (χ0v) is 15.2. The molecule has 116 valence electrons. The van der Waals surface area contributed by atoms with Crippen LogP contribution in [0, 0.1) is 6.07 Å². The minimum Gasteiger partial charge on any atom is -0.684 e. The first-order valence-corrected chi connectivity index (χ1v) is 6.73. The maximum Gasteiger partial charge on any atom is 2.00 e. The van der Waals surface area contributed by atoms with Gasteiger partial charge in [-0.25, -0.2) is 0 Å².